The highest BCUT2D eigenvalue weighted by atomic mass is 19.1. The summed E-state index contributed by atoms with van der Waals surface area (Å²) in [6.07, 6.45) is 1.47. The largest absolute Gasteiger partial charge is 0.489 e. The van der Waals surface area contributed by atoms with Crippen LogP contribution in [0.2, 0.25) is 0 Å². The summed E-state index contributed by atoms with van der Waals surface area (Å²) >= 11 is 0. The molecule has 3 rings (SSSR count). The summed E-state index contributed by atoms with van der Waals surface area (Å²) < 4.78 is 19.2. The molecule has 3 aromatic rings. The topological polar surface area (TPSA) is 74.5 Å². The number of halogens is 1. The van der Waals surface area contributed by atoms with Crippen molar-refractivity contribution in [1.29, 1.82) is 5.26 Å². The minimum Gasteiger partial charge on any atom is -0.489 e. The molecule has 29 heavy (non-hydrogen) atoms. The Kier molecular flexibility index (Phi) is 6.69. The second kappa shape index (κ2) is 9.81. The molecule has 1 atom stereocenters. The lowest BCUT2D eigenvalue weighted by Crippen LogP contribution is -2.24. The number of benzene rings is 3. The van der Waals surface area contributed by atoms with E-state index in [0.717, 1.165) is 5.56 Å². The normalized spacial score (nSPS) is 11.6. The molecule has 144 valence electrons. The molecule has 0 aliphatic rings. The number of nitrogens with zero attached hydrogens (tertiary/aromatic N) is 2. The second-order valence-corrected chi connectivity index (χ2v) is 6.16. The number of hydrazone groups is 1. The van der Waals surface area contributed by atoms with Crippen LogP contribution in [0.1, 0.15) is 22.6 Å². The van der Waals surface area contributed by atoms with E-state index in [1.807, 2.05) is 12.1 Å². The molecule has 5 nitrogen and oxygen atoms in total. The first-order valence-corrected chi connectivity index (χ1v) is 8.91. The Balaban J connectivity index is 1.54. The summed E-state index contributed by atoms with van der Waals surface area (Å²) in [4.78, 5) is 12.2. The molecule has 0 heterocycles. The highest BCUT2D eigenvalue weighted by molar-refractivity contribution is 5.88. The van der Waals surface area contributed by atoms with E-state index in [4.69, 9.17) is 4.74 Å². The third-order valence-corrected chi connectivity index (χ3v) is 4.14. The van der Waals surface area contributed by atoms with E-state index in [2.05, 4.69) is 10.5 Å². The molecule has 0 aliphatic carbocycles. The lowest BCUT2D eigenvalue weighted by Gasteiger charge is -2.08. The zero-order chi connectivity index (χ0) is 20.5. The lowest BCUT2D eigenvalue weighted by atomic mass is 10.0. The molecule has 0 saturated carbocycles. The van der Waals surface area contributed by atoms with Gasteiger partial charge in [-0.25, -0.2) is 9.82 Å². The molecule has 0 bridgehead atoms. The molecule has 0 saturated heterocycles. The molecular weight excluding hydrogens is 369 g/mol. The monoisotopic (exact) mass is 387 g/mol. The second-order valence-electron chi connectivity index (χ2n) is 6.16. The molecule has 0 aromatic heterocycles. The quantitative estimate of drug-likeness (QED) is 0.489. The van der Waals surface area contributed by atoms with Gasteiger partial charge in [-0.15, -0.1) is 0 Å². The Labute approximate surface area is 168 Å². The van der Waals surface area contributed by atoms with Crippen LogP contribution in [0.3, 0.4) is 0 Å². The summed E-state index contributed by atoms with van der Waals surface area (Å²) in [6, 6.07) is 24.2. The zero-order valence-electron chi connectivity index (χ0n) is 15.5. The minimum atomic E-state index is -0.928. The summed E-state index contributed by atoms with van der Waals surface area (Å²) in [5.74, 6) is -1.15. The molecular formula is C23H18FN3O2. The number of hydrogen-bond donors (Lipinski definition) is 1. The highest BCUT2D eigenvalue weighted by Crippen LogP contribution is 2.16. The minimum absolute atomic E-state index is 0.130. The molecule has 0 radical (unpaired) electrons. The molecule has 0 spiro atoms. The van der Waals surface area contributed by atoms with Crippen LogP contribution in [0.5, 0.6) is 5.75 Å². The van der Waals surface area contributed by atoms with Crippen LogP contribution in [0, 0.1) is 17.1 Å². The van der Waals surface area contributed by atoms with Gasteiger partial charge in [0.25, 0.3) is 5.91 Å². The van der Waals surface area contributed by atoms with Gasteiger partial charge in [0, 0.05) is 5.56 Å². The standard InChI is InChI=1S/C23H18FN3O2/c24-22-9-5-4-8-19(22)16-29-20-12-10-17(11-13-20)15-26-27-23(28)21(14-25)18-6-2-1-3-7-18/h1-13,15,21H,16H2,(H,27,28)/b26-15-/t21-/m1/s1. The van der Waals surface area contributed by atoms with Gasteiger partial charge >= 0.3 is 0 Å². The third-order valence-electron chi connectivity index (χ3n) is 4.14. The smallest absolute Gasteiger partial charge is 0.261 e. The molecule has 0 fully saturated rings. The SMILES string of the molecule is N#C[C@@H](C(=O)N/N=C\c1ccc(OCc2ccccc2F)cc1)c1ccccc1. The average Bonchev–Trinajstić information content (AvgIpc) is 2.75. The van der Waals surface area contributed by atoms with Gasteiger partial charge in [0.1, 0.15) is 18.2 Å². The maximum absolute atomic E-state index is 13.6. The fraction of sp³-hybridized carbons (Fsp3) is 0.0870. The number of carbonyl (C=O) groups is 1. The van der Waals surface area contributed by atoms with Gasteiger partial charge in [0.15, 0.2) is 5.92 Å². The number of amides is 1. The zero-order valence-corrected chi connectivity index (χ0v) is 15.5. The van der Waals surface area contributed by atoms with Gasteiger partial charge < -0.3 is 4.74 Å². The van der Waals surface area contributed by atoms with Crippen LogP contribution in [0.4, 0.5) is 4.39 Å². The van der Waals surface area contributed by atoms with Gasteiger partial charge in [-0.2, -0.15) is 10.4 Å². The first kappa shape index (κ1) is 19.8. The predicted octanol–water partition coefficient (Wildman–Crippen LogP) is 4.16. The van der Waals surface area contributed by atoms with E-state index in [1.54, 1.807) is 66.7 Å². The number of ether oxygens (including phenoxy) is 1. The fourth-order valence-electron chi connectivity index (χ4n) is 2.59. The first-order valence-electron chi connectivity index (χ1n) is 8.91. The van der Waals surface area contributed by atoms with E-state index >= 15 is 0 Å². The number of rotatable bonds is 7. The predicted molar refractivity (Wildman–Crippen MR) is 108 cm³/mol. The van der Waals surface area contributed by atoms with Crippen molar-refractivity contribution in [2.75, 3.05) is 0 Å². The first-order chi connectivity index (χ1) is 14.2. The average molecular weight is 387 g/mol. The maximum Gasteiger partial charge on any atom is 0.261 e. The van der Waals surface area contributed by atoms with Crippen molar-refractivity contribution in [2.24, 2.45) is 5.10 Å². The summed E-state index contributed by atoms with van der Waals surface area (Å²) in [6.45, 7) is 0.130. The van der Waals surface area contributed by atoms with E-state index in [0.29, 0.717) is 16.9 Å². The Morgan fingerprint density at radius 3 is 2.45 bits per heavy atom. The van der Waals surface area contributed by atoms with Crippen LogP contribution in [-0.2, 0) is 11.4 Å². The fourth-order valence-corrected chi connectivity index (χ4v) is 2.59. The van der Waals surface area contributed by atoms with E-state index in [-0.39, 0.29) is 12.4 Å². The third kappa shape index (κ3) is 5.50. The van der Waals surface area contributed by atoms with Crippen LogP contribution in [-0.4, -0.2) is 12.1 Å². The van der Waals surface area contributed by atoms with Crippen molar-refractivity contribution in [3.05, 3.63) is 101 Å². The van der Waals surface area contributed by atoms with Crippen molar-refractivity contribution >= 4 is 12.1 Å². The van der Waals surface area contributed by atoms with Crippen molar-refractivity contribution < 1.29 is 13.9 Å². The Bertz CT molecular complexity index is 1030. The van der Waals surface area contributed by atoms with Crippen LogP contribution in [0.25, 0.3) is 0 Å². The van der Waals surface area contributed by atoms with Crippen molar-refractivity contribution in [3.63, 3.8) is 0 Å². The maximum atomic E-state index is 13.6. The van der Waals surface area contributed by atoms with Gasteiger partial charge in [-0.05, 0) is 41.5 Å². The van der Waals surface area contributed by atoms with E-state index in [1.165, 1.54) is 12.3 Å². The molecule has 0 unspecified atom stereocenters. The van der Waals surface area contributed by atoms with Gasteiger partial charge in [-0.1, -0.05) is 48.5 Å². The Hall–Kier alpha value is -3.98. The summed E-state index contributed by atoms with van der Waals surface area (Å²) in [7, 11) is 0. The summed E-state index contributed by atoms with van der Waals surface area (Å²) in [5.41, 5.74) is 4.20. The molecule has 6 heteroatoms. The lowest BCUT2D eigenvalue weighted by molar-refractivity contribution is -0.121. The number of carbonyl (C=O) groups excluding carboxylic acids is 1. The van der Waals surface area contributed by atoms with E-state index < -0.39 is 11.8 Å². The van der Waals surface area contributed by atoms with Crippen molar-refractivity contribution in [1.82, 2.24) is 5.43 Å². The van der Waals surface area contributed by atoms with Crippen LogP contribution in [0.15, 0.2) is 84.0 Å². The van der Waals surface area contributed by atoms with Crippen molar-refractivity contribution in [3.8, 4) is 11.8 Å². The van der Waals surface area contributed by atoms with Crippen LogP contribution < -0.4 is 10.2 Å². The molecule has 1 N–H and O–H groups in total. The highest BCUT2D eigenvalue weighted by Gasteiger charge is 2.19. The van der Waals surface area contributed by atoms with Gasteiger partial charge in [-0.3, -0.25) is 4.79 Å². The Morgan fingerprint density at radius 1 is 1.07 bits per heavy atom. The molecule has 1 amide bonds. The van der Waals surface area contributed by atoms with E-state index in [9.17, 15) is 14.4 Å². The van der Waals surface area contributed by atoms with Crippen molar-refractivity contribution in [2.45, 2.75) is 12.5 Å². The number of nitrogens with one attached hydrogen (secondary N) is 1. The summed E-state index contributed by atoms with van der Waals surface area (Å²) in [5, 5.41) is 13.2. The molecule has 3 aromatic carbocycles. The van der Waals surface area contributed by atoms with Gasteiger partial charge in [0.05, 0.1) is 12.3 Å². The molecule has 0 aliphatic heterocycles. The number of hydrogen-bond acceptors (Lipinski definition) is 4. The van der Waals surface area contributed by atoms with Gasteiger partial charge in [0.2, 0.25) is 0 Å². The Morgan fingerprint density at radius 2 is 1.76 bits per heavy atom. The number of nitriles is 1. The van der Waals surface area contributed by atoms with Crippen LogP contribution >= 0.6 is 0 Å².